The number of halogens is 2. The molecule has 1 atom stereocenters. The van der Waals surface area contributed by atoms with E-state index in [2.05, 4.69) is 50.9 Å². The van der Waals surface area contributed by atoms with Crippen LogP contribution < -0.4 is 4.74 Å². The van der Waals surface area contributed by atoms with Crippen LogP contribution >= 0.6 is 31.9 Å². The highest BCUT2D eigenvalue weighted by molar-refractivity contribution is 9.10. The molecule has 0 heterocycles. The Morgan fingerprint density at radius 3 is 2.60 bits per heavy atom. The summed E-state index contributed by atoms with van der Waals surface area (Å²) in [6.45, 7) is 2.10. The maximum absolute atomic E-state index is 5.54. The number of hydrogen-bond donors (Lipinski definition) is 0. The Hall–Kier alpha value is -0.0200. The van der Waals surface area contributed by atoms with Crippen LogP contribution in [0, 0.1) is 12.8 Å². The lowest BCUT2D eigenvalue weighted by Crippen LogP contribution is -2.07. The summed E-state index contributed by atoms with van der Waals surface area (Å²) < 4.78 is 6.71. The second kappa shape index (κ2) is 7.84. The Kier molecular flexibility index (Phi) is 6.41. The van der Waals surface area contributed by atoms with Crippen LogP contribution in [0.5, 0.6) is 5.75 Å². The van der Waals surface area contributed by atoms with Crippen molar-refractivity contribution < 1.29 is 4.74 Å². The van der Waals surface area contributed by atoms with E-state index >= 15 is 0 Å². The van der Waals surface area contributed by atoms with Gasteiger partial charge in [-0.25, -0.2) is 0 Å². The van der Waals surface area contributed by atoms with Crippen LogP contribution in [0.1, 0.15) is 60.9 Å². The topological polar surface area (TPSA) is 9.23 Å². The normalized spacial score (nSPS) is 18.0. The Morgan fingerprint density at radius 1 is 1.25 bits per heavy atom. The first-order valence-corrected chi connectivity index (χ1v) is 9.30. The third-order valence-electron chi connectivity index (χ3n) is 4.40. The lowest BCUT2D eigenvalue weighted by Gasteiger charge is -2.23. The number of aryl methyl sites for hydroxylation is 1. The molecule has 1 aromatic rings. The summed E-state index contributed by atoms with van der Waals surface area (Å²) >= 11 is 7.49. The summed E-state index contributed by atoms with van der Waals surface area (Å²) in [5.41, 5.74) is 2.48. The first-order chi connectivity index (χ1) is 9.61. The van der Waals surface area contributed by atoms with Gasteiger partial charge in [0.05, 0.1) is 7.11 Å². The van der Waals surface area contributed by atoms with E-state index in [1.54, 1.807) is 7.11 Å². The minimum absolute atomic E-state index is 0.385. The molecular formula is C17H24Br2O. The summed E-state index contributed by atoms with van der Waals surface area (Å²) in [6.07, 6.45) is 9.66. The quantitative estimate of drug-likeness (QED) is 0.505. The van der Waals surface area contributed by atoms with E-state index in [-0.39, 0.29) is 0 Å². The van der Waals surface area contributed by atoms with E-state index in [0.29, 0.717) is 4.83 Å². The molecule has 1 fully saturated rings. The van der Waals surface area contributed by atoms with Crippen molar-refractivity contribution in [1.82, 2.24) is 0 Å². The molecule has 2 rings (SSSR count). The van der Waals surface area contributed by atoms with Gasteiger partial charge in [0.25, 0.3) is 0 Å². The second-order valence-electron chi connectivity index (χ2n) is 5.89. The van der Waals surface area contributed by atoms with E-state index in [9.17, 15) is 0 Å². The van der Waals surface area contributed by atoms with Crippen molar-refractivity contribution in [3.63, 3.8) is 0 Å². The van der Waals surface area contributed by atoms with Gasteiger partial charge in [0, 0.05) is 14.9 Å². The van der Waals surface area contributed by atoms with Gasteiger partial charge in [0.15, 0.2) is 0 Å². The van der Waals surface area contributed by atoms with Crippen molar-refractivity contribution in [3.05, 3.63) is 27.7 Å². The molecule has 112 valence electrons. The summed E-state index contributed by atoms with van der Waals surface area (Å²) in [4.78, 5) is 0.385. The number of alkyl halides is 1. The highest BCUT2D eigenvalue weighted by Crippen LogP contribution is 2.39. The van der Waals surface area contributed by atoms with Crippen molar-refractivity contribution in [2.75, 3.05) is 7.11 Å². The van der Waals surface area contributed by atoms with Gasteiger partial charge in [-0.3, -0.25) is 0 Å². The van der Waals surface area contributed by atoms with E-state index < -0.39 is 0 Å². The van der Waals surface area contributed by atoms with Gasteiger partial charge in [-0.1, -0.05) is 64.0 Å². The first kappa shape index (κ1) is 16.4. The molecule has 20 heavy (non-hydrogen) atoms. The lowest BCUT2D eigenvalue weighted by molar-refractivity contribution is 0.331. The van der Waals surface area contributed by atoms with Crippen LogP contribution in [0.15, 0.2) is 16.6 Å². The van der Waals surface area contributed by atoms with E-state index in [1.165, 1.54) is 56.1 Å². The third kappa shape index (κ3) is 4.24. The largest absolute Gasteiger partial charge is 0.496 e. The Balaban J connectivity index is 2.00. The minimum atomic E-state index is 0.385. The van der Waals surface area contributed by atoms with Crippen LogP contribution in [0.3, 0.4) is 0 Å². The van der Waals surface area contributed by atoms with Gasteiger partial charge >= 0.3 is 0 Å². The summed E-state index contributed by atoms with van der Waals surface area (Å²) in [5.74, 6) is 1.93. The highest BCUT2D eigenvalue weighted by atomic mass is 79.9. The van der Waals surface area contributed by atoms with Gasteiger partial charge < -0.3 is 4.74 Å². The maximum atomic E-state index is 5.54. The predicted octanol–water partition coefficient (Wildman–Crippen LogP) is 6.56. The molecule has 1 nitrogen and oxygen atoms in total. The van der Waals surface area contributed by atoms with Crippen molar-refractivity contribution >= 4 is 31.9 Å². The maximum Gasteiger partial charge on any atom is 0.123 e. The summed E-state index contributed by atoms with van der Waals surface area (Å²) in [5, 5.41) is 0. The van der Waals surface area contributed by atoms with Crippen LogP contribution in [-0.2, 0) is 0 Å². The van der Waals surface area contributed by atoms with E-state index in [4.69, 9.17) is 4.74 Å². The van der Waals surface area contributed by atoms with Crippen LogP contribution in [0.4, 0.5) is 0 Å². The average molecular weight is 404 g/mol. The zero-order valence-corrected chi connectivity index (χ0v) is 15.6. The molecule has 1 aromatic carbocycles. The molecule has 0 spiro atoms. The highest BCUT2D eigenvalue weighted by Gasteiger charge is 2.19. The number of methoxy groups -OCH3 is 1. The van der Waals surface area contributed by atoms with E-state index in [0.717, 1.165) is 16.1 Å². The molecule has 1 aliphatic rings. The standard InChI is InChI=1S/C17H24Br2O/c1-12-10-17(20-2)14(11-16(12)19)15(18)9-8-13-6-4-3-5-7-13/h10-11,13,15H,3-9H2,1-2H3. The molecule has 1 saturated carbocycles. The number of rotatable bonds is 5. The molecular weight excluding hydrogens is 380 g/mol. The predicted molar refractivity (Wildman–Crippen MR) is 92.9 cm³/mol. The SMILES string of the molecule is COc1cc(C)c(Br)cc1C(Br)CCC1CCCCC1. The van der Waals surface area contributed by atoms with Gasteiger partial charge in [-0.2, -0.15) is 0 Å². The number of ether oxygens (including phenoxy) is 1. The van der Waals surface area contributed by atoms with Gasteiger partial charge in [0.2, 0.25) is 0 Å². The van der Waals surface area contributed by atoms with Crippen LogP contribution in [0.2, 0.25) is 0 Å². The fourth-order valence-corrected chi connectivity index (χ4v) is 4.09. The molecule has 0 saturated heterocycles. The molecule has 0 N–H and O–H groups in total. The van der Waals surface area contributed by atoms with Crippen molar-refractivity contribution in [2.45, 2.75) is 56.7 Å². The average Bonchev–Trinajstić information content (AvgIpc) is 2.48. The van der Waals surface area contributed by atoms with Gasteiger partial charge in [0.1, 0.15) is 5.75 Å². The van der Waals surface area contributed by atoms with Crippen molar-refractivity contribution in [1.29, 1.82) is 0 Å². The number of hydrogen-bond acceptors (Lipinski definition) is 1. The molecule has 3 heteroatoms. The first-order valence-electron chi connectivity index (χ1n) is 7.60. The molecule has 0 aromatic heterocycles. The molecule has 0 aliphatic heterocycles. The Morgan fingerprint density at radius 2 is 1.95 bits per heavy atom. The molecule has 0 amide bonds. The zero-order valence-electron chi connectivity index (χ0n) is 12.4. The fourth-order valence-electron chi connectivity index (χ4n) is 3.11. The smallest absolute Gasteiger partial charge is 0.123 e. The number of benzene rings is 1. The Labute approximate surface area is 139 Å². The molecule has 1 unspecified atom stereocenters. The molecule has 0 radical (unpaired) electrons. The minimum Gasteiger partial charge on any atom is -0.496 e. The fraction of sp³-hybridized carbons (Fsp3) is 0.647. The summed E-state index contributed by atoms with van der Waals surface area (Å²) in [7, 11) is 1.76. The van der Waals surface area contributed by atoms with Crippen LogP contribution in [0.25, 0.3) is 0 Å². The van der Waals surface area contributed by atoms with Gasteiger partial charge in [-0.05, 0) is 43.4 Å². The molecule has 0 bridgehead atoms. The third-order valence-corrected chi connectivity index (χ3v) is 6.21. The lowest BCUT2D eigenvalue weighted by atomic mass is 9.85. The molecule has 1 aliphatic carbocycles. The van der Waals surface area contributed by atoms with Crippen molar-refractivity contribution in [3.8, 4) is 5.75 Å². The monoisotopic (exact) mass is 402 g/mol. The van der Waals surface area contributed by atoms with E-state index in [1.807, 2.05) is 0 Å². The van der Waals surface area contributed by atoms with Gasteiger partial charge in [-0.15, -0.1) is 0 Å². The summed E-state index contributed by atoms with van der Waals surface area (Å²) in [6, 6.07) is 4.32. The van der Waals surface area contributed by atoms with Crippen LogP contribution in [-0.4, -0.2) is 7.11 Å². The van der Waals surface area contributed by atoms with Crippen molar-refractivity contribution in [2.24, 2.45) is 5.92 Å². The second-order valence-corrected chi connectivity index (χ2v) is 7.85. The Bertz CT molecular complexity index is 439. The zero-order chi connectivity index (χ0) is 14.5.